The highest BCUT2D eigenvalue weighted by atomic mass is 19.4. The maximum Gasteiger partial charge on any atom is 0.434 e. The van der Waals surface area contributed by atoms with Crippen LogP contribution in [0.15, 0.2) is 66.9 Å². The monoisotopic (exact) mass is 578 g/mol. The van der Waals surface area contributed by atoms with Gasteiger partial charge in [-0.15, -0.1) is 0 Å². The highest BCUT2D eigenvalue weighted by Gasteiger charge is 2.41. The number of para-hydroxylation sites is 1. The number of carbonyl (C=O) groups is 2. The molecule has 5 rings (SSSR count). The number of hydrogen-bond acceptors (Lipinski definition) is 5. The second-order valence-corrected chi connectivity index (χ2v) is 10.2. The highest BCUT2D eigenvalue weighted by Crippen LogP contribution is 2.35. The van der Waals surface area contributed by atoms with Crippen LogP contribution < -0.4 is 10.1 Å². The fourth-order valence-corrected chi connectivity index (χ4v) is 4.67. The molecule has 1 fully saturated rings. The van der Waals surface area contributed by atoms with E-state index in [0.29, 0.717) is 34.4 Å². The number of aryl methyl sites for hydroxylation is 2. The lowest BCUT2D eigenvalue weighted by Crippen LogP contribution is -2.26. The van der Waals surface area contributed by atoms with Gasteiger partial charge in [0.1, 0.15) is 17.9 Å². The zero-order valence-electron chi connectivity index (χ0n) is 22.8. The van der Waals surface area contributed by atoms with E-state index in [-0.39, 0.29) is 24.2 Å². The van der Waals surface area contributed by atoms with Gasteiger partial charge in [0.15, 0.2) is 11.5 Å². The minimum atomic E-state index is -4.96. The maximum atomic E-state index is 13.7. The van der Waals surface area contributed by atoms with Gasteiger partial charge in [0.2, 0.25) is 5.91 Å². The van der Waals surface area contributed by atoms with E-state index in [1.165, 1.54) is 17.7 Å². The van der Waals surface area contributed by atoms with E-state index < -0.39 is 23.4 Å². The molecule has 2 heterocycles. The van der Waals surface area contributed by atoms with Gasteiger partial charge in [-0.1, -0.05) is 36.4 Å². The molecule has 2 N–H and O–H groups in total. The van der Waals surface area contributed by atoms with Crippen LogP contribution in [-0.2, 0) is 24.0 Å². The molecule has 0 aliphatic heterocycles. The summed E-state index contributed by atoms with van der Waals surface area (Å²) < 4.78 is 47.9. The number of alkyl halides is 3. The molecule has 0 atom stereocenters. The van der Waals surface area contributed by atoms with Crippen LogP contribution in [0.1, 0.15) is 52.0 Å². The second kappa shape index (κ2) is 12.1. The first-order chi connectivity index (χ1) is 20.1. The van der Waals surface area contributed by atoms with Gasteiger partial charge in [-0.3, -0.25) is 4.79 Å². The Labute approximate surface area is 240 Å². The summed E-state index contributed by atoms with van der Waals surface area (Å²) in [5.74, 6) is -1.06. The van der Waals surface area contributed by atoms with E-state index >= 15 is 0 Å². The minimum Gasteiger partial charge on any atom is -0.488 e. The Morgan fingerprint density at radius 3 is 2.60 bits per heavy atom. The van der Waals surface area contributed by atoms with Gasteiger partial charge in [-0.05, 0) is 73.6 Å². The van der Waals surface area contributed by atoms with Gasteiger partial charge in [0.05, 0.1) is 11.9 Å². The van der Waals surface area contributed by atoms with Crippen molar-refractivity contribution in [3.05, 3.63) is 94.8 Å². The molecule has 11 heteroatoms. The van der Waals surface area contributed by atoms with Crippen molar-refractivity contribution in [2.45, 2.75) is 45.4 Å². The summed E-state index contributed by atoms with van der Waals surface area (Å²) in [5.41, 5.74) is 1.72. The lowest BCUT2D eigenvalue weighted by molar-refractivity contribution is -0.143. The van der Waals surface area contributed by atoms with Crippen LogP contribution in [0.5, 0.6) is 5.75 Å². The number of carbonyl (C=O) groups excluding carboxylic acids is 1. The molecule has 218 valence electrons. The first-order valence-electron chi connectivity index (χ1n) is 13.6. The van der Waals surface area contributed by atoms with Gasteiger partial charge in [-0.25, -0.2) is 14.5 Å². The van der Waals surface area contributed by atoms with Gasteiger partial charge >= 0.3 is 12.1 Å². The molecule has 0 saturated heterocycles. The van der Waals surface area contributed by atoms with Gasteiger partial charge in [-0.2, -0.15) is 18.3 Å². The van der Waals surface area contributed by atoms with E-state index in [2.05, 4.69) is 21.5 Å². The number of aromatic carboxylic acids is 1. The number of carboxylic acids is 1. The fraction of sp³-hybridized carbons (Fsp3) is 0.290. The number of nitrogens with zero attached hydrogens (tertiary/aromatic N) is 3. The SMILES string of the molecule is Cc1cc(CCCNC(=O)C2CC2)ccc1COc1ccccc1-c1cccc(-n2ncc(C(=O)O)c2C(F)(F)F)n1. The Bertz CT molecular complexity index is 1610. The summed E-state index contributed by atoms with van der Waals surface area (Å²) in [7, 11) is 0. The van der Waals surface area contributed by atoms with Crippen LogP contribution in [0, 0.1) is 12.8 Å². The highest BCUT2D eigenvalue weighted by molar-refractivity contribution is 5.89. The third-order valence-corrected chi connectivity index (χ3v) is 7.06. The molecule has 0 unspecified atom stereocenters. The Morgan fingerprint density at radius 1 is 1.10 bits per heavy atom. The summed E-state index contributed by atoms with van der Waals surface area (Å²) in [6, 6.07) is 17.7. The summed E-state index contributed by atoms with van der Waals surface area (Å²) in [5, 5.41) is 15.9. The zero-order chi connectivity index (χ0) is 29.9. The number of carboxylic acid groups (broad SMARTS) is 1. The van der Waals surface area contributed by atoms with E-state index in [1.807, 2.05) is 19.1 Å². The third kappa shape index (κ3) is 6.62. The van der Waals surface area contributed by atoms with Gasteiger partial charge in [0.25, 0.3) is 0 Å². The molecule has 1 saturated carbocycles. The van der Waals surface area contributed by atoms with Gasteiger partial charge in [0, 0.05) is 18.0 Å². The summed E-state index contributed by atoms with van der Waals surface area (Å²) in [6.45, 7) is 2.92. The molecular weight excluding hydrogens is 549 g/mol. The Balaban J connectivity index is 1.29. The van der Waals surface area contributed by atoms with Crippen molar-refractivity contribution in [3.8, 4) is 22.8 Å². The lowest BCUT2D eigenvalue weighted by atomic mass is 10.0. The largest absolute Gasteiger partial charge is 0.488 e. The Morgan fingerprint density at radius 2 is 1.88 bits per heavy atom. The first kappa shape index (κ1) is 28.8. The summed E-state index contributed by atoms with van der Waals surface area (Å²) in [4.78, 5) is 27.5. The Hall–Kier alpha value is -4.67. The van der Waals surface area contributed by atoms with Crippen LogP contribution in [-0.4, -0.2) is 38.3 Å². The minimum absolute atomic E-state index is 0.153. The number of nitrogens with one attached hydrogen (secondary N) is 1. The number of hydrogen-bond donors (Lipinski definition) is 2. The van der Waals surface area contributed by atoms with E-state index in [9.17, 15) is 27.9 Å². The number of aromatic nitrogens is 3. The number of halogens is 3. The molecule has 1 aliphatic rings. The normalized spacial score (nSPS) is 13.1. The van der Waals surface area contributed by atoms with Crippen LogP contribution in [0.3, 0.4) is 0 Å². The van der Waals surface area contributed by atoms with Crippen molar-refractivity contribution < 1.29 is 32.6 Å². The van der Waals surface area contributed by atoms with Crippen molar-refractivity contribution in [3.63, 3.8) is 0 Å². The standard InChI is InChI=1S/C31H29F3N4O4/c1-19-16-20(6-5-15-35-29(39)21-13-14-21)11-12-22(19)18-42-26-9-3-2-7-23(26)25-8-4-10-27(37-25)38-28(31(32,33)34)24(17-36-38)30(40)41/h2-4,7-12,16-17,21H,5-6,13-15,18H2,1H3,(H,35,39)(H,40,41). The molecular formula is C31H29F3N4O4. The number of pyridine rings is 1. The van der Waals surface area contributed by atoms with E-state index in [4.69, 9.17) is 4.74 Å². The van der Waals surface area contributed by atoms with Crippen LogP contribution in [0.2, 0.25) is 0 Å². The molecule has 1 aliphatic carbocycles. The first-order valence-corrected chi connectivity index (χ1v) is 13.6. The summed E-state index contributed by atoms with van der Waals surface area (Å²) in [6.07, 6.45) is -0.609. The molecule has 2 aromatic carbocycles. The number of rotatable bonds is 11. The quantitative estimate of drug-likeness (QED) is 0.212. The van der Waals surface area contributed by atoms with E-state index in [1.54, 1.807) is 30.3 Å². The number of amides is 1. The molecule has 0 bridgehead atoms. The maximum absolute atomic E-state index is 13.7. The van der Waals surface area contributed by atoms with E-state index in [0.717, 1.165) is 36.8 Å². The molecule has 8 nitrogen and oxygen atoms in total. The molecule has 0 spiro atoms. The Kier molecular flexibility index (Phi) is 8.28. The van der Waals surface area contributed by atoms with Crippen molar-refractivity contribution >= 4 is 11.9 Å². The predicted molar refractivity (Wildman–Crippen MR) is 148 cm³/mol. The molecule has 42 heavy (non-hydrogen) atoms. The topological polar surface area (TPSA) is 106 Å². The average Bonchev–Trinajstić information content (AvgIpc) is 3.71. The molecule has 2 aromatic heterocycles. The van der Waals surface area contributed by atoms with Crippen LogP contribution in [0.25, 0.3) is 17.1 Å². The number of benzene rings is 2. The molecule has 0 radical (unpaired) electrons. The van der Waals surface area contributed by atoms with Crippen molar-refractivity contribution in [1.82, 2.24) is 20.1 Å². The molecule has 4 aromatic rings. The van der Waals surface area contributed by atoms with Crippen molar-refractivity contribution in [2.24, 2.45) is 5.92 Å². The van der Waals surface area contributed by atoms with Crippen molar-refractivity contribution in [2.75, 3.05) is 6.54 Å². The average molecular weight is 579 g/mol. The summed E-state index contributed by atoms with van der Waals surface area (Å²) >= 11 is 0. The van der Waals surface area contributed by atoms with Gasteiger partial charge < -0.3 is 15.2 Å². The third-order valence-electron chi connectivity index (χ3n) is 7.06. The predicted octanol–water partition coefficient (Wildman–Crippen LogP) is 6.00. The van der Waals surface area contributed by atoms with Crippen LogP contribution in [0.4, 0.5) is 13.2 Å². The fourth-order valence-electron chi connectivity index (χ4n) is 4.67. The second-order valence-electron chi connectivity index (χ2n) is 10.2. The number of ether oxygens (including phenoxy) is 1. The van der Waals surface area contributed by atoms with Crippen molar-refractivity contribution in [1.29, 1.82) is 0 Å². The smallest absolute Gasteiger partial charge is 0.434 e. The zero-order valence-corrected chi connectivity index (χ0v) is 22.8. The van der Waals surface area contributed by atoms with Crippen LogP contribution >= 0.6 is 0 Å². The lowest BCUT2D eigenvalue weighted by Gasteiger charge is -2.15. The molecule has 1 amide bonds.